The Kier molecular flexibility index (Phi) is 6.75. The van der Waals surface area contributed by atoms with E-state index in [0.717, 1.165) is 37.0 Å². The zero-order valence-electron chi connectivity index (χ0n) is 21.8. The molecule has 0 aromatic heterocycles. The summed E-state index contributed by atoms with van der Waals surface area (Å²) < 4.78 is 41.5. The number of allylic oxidation sites excluding steroid dienone is 1. The quantitative estimate of drug-likeness (QED) is 0.251. The lowest BCUT2D eigenvalue weighted by Crippen LogP contribution is -2.41. The predicted octanol–water partition coefficient (Wildman–Crippen LogP) is 6.61. The third-order valence-corrected chi connectivity index (χ3v) is 10.2. The minimum absolute atomic E-state index is 0.0522. The van der Waals surface area contributed by atoms with E-state index >= 15 is 0 Å². The monoisotopic (exact) mass is 507 g/mol. The Balaban J connectivity index is 1.37. The summed E-state index contributed by atoms with van der Waals surface area (Å²) in [5.74, 6) is 3.04. The van der Waals surface area contributed by atoms with Crippen LogP contribution in [0.3, 0.4) is 0 Å². The zero-order valence-corrected chi connectivity index (χ0v) is 22.6. The molecule has 4 atom stereocenters. The molecule has 2 aromatic rings. The largest absolute Gasteiger partial charge is 0.497 e. The molecule has 36 heavy (non-hydrogen) atoms. The van der Waals surface area contributed by atoms with Crippen LogP contribution < -0.4 is 4.74 Å². The van der Waals surface area contributed by atoms with Crippen molar-refractivity contribution in [3.63, 3.8) is 0 Å². The normalized spacial score (nSPS) is 27.5. The minimum Gasteiger partial charge on any atom is -0.497 e. The maximum atomic E-state index is 13.0. The molecular weight excluding hydrogens is 470 g/mol. The molecule has 0 amide bonds. The van der Waals surface area contributed by atoms with Crippen LogP contribution in [-0.2, 0) is 21.2 Å². The molecule has 5 rings (SSSR count). The van der Waals surface area contributed by atoms with Gasteiger partial charge < -0.3 is 9.47 Å². The molecule has 1 fully saturated rings. The lowest BCUT2D eigenvalue weighted by molar-refractivity contribution is 0.0739. The van der Waals surface area contributed by atoms with Crippen LogP contribution >= 0.6 is 0 Å². The van der Waals surface area contributed by atoms with Gasteiger partial charge in [-0.2, -0.15) is 8.42 Å². The summed E-state index contributed by atoms with van der Waals surface area (Å²) in [6.07, 6.45) is 8.39. The summed E-state index contributed by atoms with van der Waals surface area (Å²) in [5, 5.41) is 0. The number of ether oxygens (including phenoxy) is 2. The average molecular weight is 508 g/mol. The molecule has 0 N–H and O–H groups in total. The number of sulfonamides is 1. The van der Waals surface area contributed by atoms with E-state index in [1.807, 2.05) is 13.8 Å². The van der Waals surface area contributed by atoms with E-state index in [-0.39, 0.29) is 10.3 Å². The number of benzene rings is 2. The second kappa shape index (κ2) is 9.70. The van der Waals surface area contributed by atoms with Crippen molar-refractivity contribution in [1.29, 1.82) is 0 Å². The molecule has 0 spiro atoms. The number of rotatable bonds is 6. The van der Waals surface area contributed by atoms with Gasteiger partial charge >= 0.3 is 0 Å². The van der Waals surface area contributed by atoms with Crippen molar-refractivity contribution in [3.8, 4) is 5.75 Å². The van der Waals surface area contributed by atoms with Crippen molar-refractivity contribution < 1.29 is 17.9 Å². The molecule has 0 unspecified atom stereocenters. The lowest BCUT2D eigenvalue weighted by Gasteiger charge is -2.50. The van der Waals surface area contributed by atoms with Gasteiger partial charge in [0.1, 0.15) is 5.75 Å². The van der Waals surface area contributed by atoms with E-state index in [0.29, 0.717) is 36.7 Å². The molecule has 0 radical (unpaired) electrons. The van der Waals surface area contributed by atoms with Crippen LogP contribution in [0, 0.1) is 24.2 Å². The fourth-order valence-electron chi connectivity index (χ4n) is 6.95. The van der Waals surface area contributed by atoms with Crippen LogP contribution in [0.15, 0.2) is 63.4 Å². The van der Waals surface area contributed by atoms with Crippen LogP contribution in [0.2, 0.25) is 0 Å². The van der Waals surface area contributed by atoms with E-state index in [1.165, 1.54) is 23.1 Å². The summed E-state index contributed by atoms with van der Waals surface area (Å²) in [4.78, 5) is 0.202. The van der Waals surface area contributed by atoms with Gasteiger partial charge in [0.2, 0.25) is 5.90 Å². The van der Waals surface area contributed by atoms with Crippen molar-refractivity contribution in [2.45, 2.75) is 70.1 Å². The van der Waals surface area contributed by atoms with Crippen LogP contribution in [0.1, 0.15) is 68.6 Å². The van der Waals surface area contributed by atoms with E-state index in [2.05, 4.69) is 35.6 Å². The average Bonchev–Trinajstić information content (AvgIpc) is 3.19. The first kappa shape index (κ1) is 25.1. The Labute approximate surface area is 215 Å². The molecule has 3 aliphatic carbocycles. The highest BCUT2D eigenvalue weighted by molar-refractivity contribution is 7.90. The van der Waals surface area contributed by atoms with Gasteiger partial charge in [-0.1, -0.05) is 42.3 Å². The van der Waals surface area contributed by atoms with Crippen LogP contribution in [0.5, 0.6) is 5.75 Å². The topological polar surface area (TPSA) is 65.0 Å². The maximum absolute atomic E-state index is 13.0. The van der Waals surface area contributed by atoms with E-state index in [1.54, 1.807) is 31.4 Å². The number of aryl methyl sites for hydroxylation is 2. The molecule has 192 valence electrons. The minimum atomic E-state index is -3.82. The first-order valence-electron chi connectivity index (χ1n) is 13.1. The molecule has 3 aliphatic rings. The molecule has 0 bridgehead atoms. The highest BCUT2D eigenvalue weighted by Gasteiger charge is 2.51. The van der Waals surface area contributed by atoms with Gasteiger partial charge in [0.25, 0.3) is 10.0 Å². The fourth-order valence-corrected chi connectivity index (χ4v) is 7.92. The molecule has 5 nitrogen and oxygen atoms in total. The highest BCUT2D eigenvalue weighted by atomic mass is 32.2. The summed E-state index contributed by atoms with van der Waals surface area (Å²) in [7, 11) is -2.09. The SMILES string of the molecule is CCOC(CC1=CC[C@H]2[C@@H]3CCc4cc(OC)ccc4[C@H]3CC[C@]12C)=NS(=O)(=O)c1ccc(C)cc1. The Hall–Kier alpha value is -2.60. The van der Waals surface area contributed by atoms with Crippen molar-refractivity contribution in [1.82, 2.24) is 0 Å². The first-order chi connectivity index (χ1) is 17.2. The maximum Gasteiger partial charge on any atom is 0.285 e. The van der Waals surface area contributed by atoms with Gasteiger partial charge in [-0.25, -0.2) is 0 Å². The molecule has 2 aromatic carbocycles. The summed E-state index contributed by atoms with van der Waals surface area (Å²) in [5.41, 5.74) is 5.30. The van der Waals surface area contributed by atoms with Crippen LogP contribution in [0.4, 0.5) is 0 Å². The van der Waals surface area contributed by atoms with Crippen molar-refractivity contribution >= 4 is 15.9 Å². The third kappa shape index (κ3) is 4.49. The Morgan fingerprint density at radius 1 is 1.14 bits per heavy atom. The molecule has 6 heteroatoms. The van der Waals surface area contributed by atoms with Crippen molar-refractivity contribution in [3.05, 3.63) is 70.8 Å². The number of nitrogens with zero attached hydrogens (tertiary/aromatic N) is 1. The molecular formula is C30H37NO4S. The van der Waals surface area contributed by atoms with Gasteiger partial charge in [0.05, 0.1) is 18.6 Å². The Morgan fingerprint density at radius 3 is 2.64 bits per heavy atom. The van der Waals surface area contributed by atoms with E-state index in [4.69, 9.17) is 9.47 Å². The molecule has 1 saturated carbocycles. The number of hydrogen-bond donors (Lipinski definition) is 0. The Morgan fingerprint density at radius 2 is 1.92 bits per heavy atom. The van der Waals surface area contributed by atoms with Gasteiger partial charge in [0.15, 0.2) is 0 Å². The van der Waals surface area contributed by atoms with E-state index in [9.17, 15) is 8.42 Å². The van der Waals surface area contributed by atoms with E-state index < -0.39 is 10.0 Å². The number of fused-ring (bicyclic) bond motifs is 5. The fraction of sp³-hybridized carbons (Fsp3) is 0.500. The number of hydrogen-bond acceptors (Lipinski definition) is 4. The smallest absolute Gasteiger partial charge is 0.285 e. The van der Waals surface area contributed by atoms with Gasteiger partial charge in [-0.05, 0) is 105 Å². The highest BCUT2D eigenvalue weighted by Crippen LogP contribution is 2.61. The second-order valence-electron chi connectivity index (χ2n) is 10.8. The second-order valence-corrected chi connectivity index (χ2v) is 12.4. The molecule has 0 heterocycles. The summed E-state index contributed by atoms with van der Waals surface area (Å²) in [6, 6.07) is 13.4. The van der Waals surface area contributed by atoms with Gasteiger partial charge in [-0.15, -0.1) is 4.40 Å². The van der Waals surface area contributed by atoms with Gasteiger partial charge in [-0.3, -0.25) is 0 Å². The standard InChI is InChI=1S/C30H37NO4S/c1-5-35-29(31-36(32,33)24-11-6-20(2)7-12-24)19-22-9-15-28-27-13-8-21-18-23(34-4)10-14-25(21)26(27)16-17-30(22,28)3/h6-7,9-12,14,18,26-28H,5,8,13,15-17,19H2,1-4H3/t26-,27-,28+,30-/m1/s1. The number of methoxy groups -OCH3 is 1. The Bertz CT molecular complexity index is 1290. The first-order valence-corrected chi connectivity index (χ1v) is 14.6. The van der Waals surface area contributed by atoms with Crippen molar-refractivity contribution in [2.24, 2.45) is 21.6 Å². The van der Waals surface area contributed by atoms with Gasteiger partial charge in [0, 0.05) is 6.42 Å². The van der Waals surface area contributed by atoms with Crippen molar-refractivity contribution in [2.75, 3.05) is 13.7 Å². The third-order valence-electron chi connectivity index (χ3n) is 8.87. The molecule has 0 saturated heterocycles. The summed E-state index contributed by atoms with van der Waals surface area (Å²) >= 11 is 0. The van der Waals surface area contributed by atoms with Crippen LogP contribution in [-0.4, -0.2) is 28.0 Å². The summed E-state index contributed by atoms with van der Waals surface area (Å²) in [6.45, 7) is 6.58. The lowest BCUT2D eigenvalue weighted by atomic mass is 9.54. The zero-order chi connectivity index (χ0) is 25.5. The predicted molar refractivity (Wildman–Crippen MR) is 143 cm³/mol. The molecule has 0 aliphatic heterocycles. The van der Waals surface area contributed by atoms with Crippen LogP contribution in [0.25, 0.3) is 0 Å².